The van der Waals surface area contributed by atoms with Gasteiger partial charge < -0.3 is 0 Å². The fourth-order valence-electron chi connectivity index (χ4n) is 0.722. The summed E-state index contributed by atoms with van der Waals surface area (Å²) in [5.74, 6) is 0. The molecule has 1 rings (SSSR count). The van der Waals surface area contributed by atoms with Crippen molar-refractivity contribution < 1.29 is 0 Å². The normalized spacial score (nSPS) is 18.0. The van der Waals surface area contributed by atoms with E-state index in [1.807, 2.05) is 0 Å². The third-order valence-electron chi connectivity index (χ3n) is 1.85. The Labute approximate surface area is 60.2 Å². The molecule has 0 aromatic rings. The first-order valence-corrected chi connectivity index (χ1v) is 4.55. The molecular formula is C7H15NSi. The number of rotatable bonds is 2. The fraction of sp³-hybridized carbons (Fsp3) is 0.714. The van der Waals surface area contributed by atoms with Gasteiger partial charge in [-0.3, -0.25) is 4.90 Å². The number of allylic oxidation sites excluding steroid dienone is 1. The van der Waals surface area contributed by atoms with Crippen LogP contribution in [0.4, 0.5) is 0 Å². The molecule has 1 saturated heterocycles. The fourth-order valence-corrected chi connectivity index (χ4v) is 1.17. The van der Waals surface area contributed by atoms with E-state index in [4.69, 9.17) is 0 Å². The van der Waals surface area contributed by atoms with Crippen LogP contribution in [0.15, 0.2) is 10.8 Å². The highest BCUT2D eigenvalue weighted by Gasteiger charge is 2.16. The summed E-state index contributed by atoms with van der Waals surface area (Å²) in [4.78, 5) is 2.47. The van der Waals surface area contributed by atoms with Crippen molar-refractivity contribution in [1.29, 1.82) is 0 Å². The highest BCUT2D eigenvalue weighted by atomic mass is 28.1. The average Bonchev–Trinajstić information content (AvgIpc) is 2.50. The van der Waals surface area contributed by atoms with Gasteiger partial charge in [-0.05, 0) is 13.8 Å². The minimum atomic E-state index is 1.25. The first-order chi connectivity index (χ1) is 4.20. The zero-order valence-electron chi connectivity index (χ0n) is 6.57. The largest absolute Gasteiger partial charge is 0.297 e. The third-order valence-corrected chi connectivity index (χ3v) is 3.17. The van der Waals surface area contributed by atoms with Gasteiger partial charge in [0.1, 0.15) is 0 Å². The summed E-state index contributed by atoms with van der Waals surface area (Å²) in [6, 6.07) is 0. The van der Waals surface area contributed by atoms with Crippen LogP contribution in [0.2, 0.25) is 0 Å². The molecular weight excluding hydrogens is 126 g/mol. The molecule has 1 aliphatic heterocycles. The van der Waals surface area contributed by atoms with Crippen LogP contribution in [-0.4, -0.2) is 34.8 Å². The van der Waals surface area contributed by atoms with Crippen LogP contribution in [0.5, 0.6) is 0 Å². The Kier molecular flexibility index (Phi) is 2.08. The van der Waals surface area contributed by atoms with E-state index in [1.54, 1.807) is 5.20 Å². The Balaban J connectivity index is 2.32. The SMILES string of the molecule is CC(C)=C([SiH3])CN1CC1. The molecule has 0 bridgehead atoms. The van der Waals surface area contributed by atoms with Gasteiger partial charge in [-0.25, -0.2) is 0 Å². The van der Waals surface area contributed by atoms with Crippen LogP contribution >= 0.6 is 0 Å². The quantitative estimate of drug-likeness (QED) is 0.385. The predicted octanol–water partition coefficient (Wildman–Crippen LogP) is -0.0387. The van der Waals surface area contributed by atoms with Crippen LogP contribution in [0, 0.1) is 0 Å². The molecule has 9 heavy (non-hydrogen) atoms. The summed E-state index contributed by atoms with van der Waals surface area (Å²) < 4.78 is 0. The van der Waals surface area contributed by atoms with Crippen molar-refractivity contribution in [2.45, 2.75) is 13.8 Å². The number of nitrogens with zero attached hydrogens (tertiary/aromatic N) is 1. The molecule has 0 aliphatic carbocycles. The second-order valence-electron chi connectivity index (χ2n) is 3.06. The van der Waals surface area contributed by atoms with Gasteiger partial charge in [0.2, 0.25) is 0 Å². The summed E-state index contributed by atoms with van der Waals surface area (Å²) in [7, 11) is 1.25. The molecule has 0 aromatic heterocycles. The van der Waals surface area contributed by atoms with Crippen molar-refractivity contribution in [2.24, 2.45) is 0 Å². The van der Waals surface area contributed by atoms with Gasteiger partial charge in [-0.2, -0.15) is 0 Å². The van der Waals surface area contributed by atoms with Gasteiger partial charge in [0, 0.05) is 29.9 Å². The van der Waals surface area contributed by atoms with Crippen LogP contribution in [0.1, 0.15) is 13.8 Å². The third kappa shape index (κ3) is 2.33. The highest BCUT2D eigenvalue weighted by Crippen LogP contribution is 2.08. The topological polar surface area (TPSA) is 3.01 Å². The Hall–Kier alpha value is -0.0831. The summed E-state index contributed by atoms with van der Waals surface area (Å²) in [5, 5.41) is 1.67. The maximum absolute atomic E-state index is 2.47. The van der Waals surface area contributed by atoms with Gasteiger partial charge in [0.15, 0.2) is 0 Å². The van der Waals surface area contributed by atoms with E-state index in [9.17, 15) is 0 Å². The first-order valence-electron chi connectivity index (χ1n) is 3.55. The van der Waals surface area contributed by atoms with Crippen LogP contribution in [0.3, 0.4) is 0 Å². The molecule has 0 aromatic carbocycles. The number of hydrogen-bond acceptors (Lipinski definition) is 1. The standard InChI is InChI=1S/C7H15NSi/c1-6(2)7(9)5-8-3-4-8/h3-5H2,1-2,9H3. The van der Waals surface area contributed by atoms with Crippen molar-refractivity contribution in [2.75, 3.05) is 19.6 Å². The second-order valence-corrected chi connectivity index (χ2v) is 4.26. The molecule has 1 heterocycles. The summed E-state index contributed by atoms with van der Waals surface area (Å²) in [6.45, 7) is 8.35. The highest BCUT2D eigenvalue weighted by molar-refractivity contribution is 6.22. The van der Waals surface area contributed by atoms with Crippen molar-refractivity contribution in [3.05, 3.63) is 10.8 Å². The van der Waals surface area contributed by atoms with E-state index >= 15 is 0 Å². The Morgan fingerprint density at radius 3 is 2.33 bits per heavy atom. The zero-order valence-corrected chi connectivity index (χ0v) is 8.57. The molecule has 0 N–H and O–H groups in total. The monoisotopic (exact) mass is 141 g/mol. The maximum Gasteiger partial charge on any atom is 0.0349 e. The van der Waals surface area contributed by atoms with Crippen molar-refractivity contribution in [3.63, 3.8) is 0 Å². The van der Waals surface area contributed by atoms with E-state index in [-0.39, 0.29) is 0 Å². The Morgan fingerprint density at radius 2 is 2.00 bits per heavy atom. The Bertz CT molecular complexity index is 132. The van der Waals surface area contributed by atoms with Crippen LogP contribution in [0.25, 0.3) is 0 Å². The molecule has 1 fully saturated rings. The molecule has 1 aliphatic rings. The molecule has 0 atom stereocenters. The lowest BCUT2D eigenvalue weighted by Gasteiger charge is -2.02. The summed E-state index contributed by atoms with van der Waals surface area (Å²) in [5.41, 5.74) is 1.54. The molecule has 1 nitrogen and oxygen atoms in total. The molecule has 52 valence electrons. The van der Waals surface area contributed by atoms with E-state index in [0.717, 1.165) is 0 Å². The zero-order chi connectivity index (χ0) is 6.85. The van der Waals surface area contributed by atoms with Crippen molar-refractivity contribution >= 4 is 10.2 Å². The van der Waals surface area contributed by atoms with Crippen molar-refractivity contribution in [3.8, 4) is 0 Å². The molecule has 0 radical (unpaired) electrons. The minimum Gasteiger partial charge on any atom is -0.297 e. The molecule has 0 saturated carbocycles. The summed E-state index contributed by atoms with van der Waals surface area (Å²) in [6.07, 6.45) is 0. The smallest absolute Gasteiger partial charge is 0.0349 e. The lowest BCUT2D eigenvalue weighted by molar-refractivity contribution is 0.620. The van der Waals surface area contributed by atoms with Crippen LogP contribution in [-0.2, 0) is 0 Å². The van der Waals surface area contributed by atoms with Gasteiger partial charge in [-0.1, -0.05) is 10.8 Å². The van der Waals surface area contributed by atoms with Gasteiger partial charge in [0.25, 0.3) is 0 Å². The molecule has 0 spiro atoms. The van der Waals surface area contributed by atoms with E-state index in [2.05, 4.69) is 18.7 Å². The number of hydrogen-bond donors (Lipinski definition) is 0. The van der Waals surface area contributed by atoms with E-state index in [0.29, 0.717) is 0 Å². The second kappa shape index (κ2) is 2.67. The van der Waals surface area contributed by atoms with Crippen molar-refractivity contribution in [1.82, 2.24) is 4.90 Å². The lowest BCUT2D eigenvalue weighted by Crippen LogP contribution is -2.03. The lowest BCUT2D eigenvalue weighted by atomic mass is 10.3. The predicted molar refractivity (Wildman–Crippen MR) is 44.8 cm³/mol. The van der Waals surface area contributed by atoms with E-state index in [1.165, 1.54) is 35.4 Å². The molecule has 2 heteroatoms. The van der Waals surface area contributed by atoms with E-state index < -0.39 is 0 Å². The molecule has 0 unspecified atom stereocenters. The van der Waals surface area contributed by atoms with Gasteiger partial charge in [0.05, 0.1) is 0 Å². The summed E-state index contributed by atoms with van der Waals surface area (Å²) >= 11 is 0. The first kappa shape index (κ1) is 7.03. The molecule has 0 amide bonds. The minimum absolute atomic E-state index is 1.25. The average molecular weight is 141 g/mol. The maximum atomic E-state index is 2.47. The van der Waals surface area contributed by atoms with Crippen LogP contribution < -0.4 is 0 Å². The van der Waals surface area contributed by atoms with Gasteiger partial charge in [-0.15, -0.1) is 0 Å². The Morgan fingerprint density at radius 1 is 1.44 bits per heavy atom. The van der Waals surface area contributed by atoms with Gasteiger partial charge >= 0.3 is 0 Å².